The Morgan fingerprint density at radius 1 is 0.853 bits per heavy atom. The fourth-order valence-corrected chi connectivity index (χ4v) is 4.10. The largest absolute Gasteiger partial charge is 0.423 e. The van der Waals surface area contributed by atoms with Gasteiger partial charge in [0.15, 0.2) is 0 Å². The van der Waals surface area contributed by atoms with Crippen LogP contribution in [0.1, 0.15) is 67.1 Å². The van der Waals surface area contributed by atoms with E-state index in [4.69, 9.17) is 10.2 Å². The first kappa shape index (κ1) is 23.4. The van der Waals surface area contributed by atoms with Crippen LogP contribution in [0.15, 0.2) is 95.4 Å². The number of rotatable bonds is 9. The topological polar surface area (TPSA) is 94.0 Å². The second kappa shape index (κ2) is 10.4. The number of hydrogen-bond acceptors (Lipinski definition) is 5. The zero-order valence-corrected chi connectivity index (χ0v) is 19.5. The van der Waals surface area contributed by atoms with E-state index >= 15 is 0 Å². The molecular formula is C28H30N4O2. The fourth-order valence-electron chi connectivity index (χ4n) is 4.10. The molecule has 3 N–H and O–H groups in total. The molecule has 0 aliphatic rings. The van der Waals surface area contributed by atoms with Gasteiger partial charge in [0.05, 0.1) is 12.5 Å². The van der Waals surface area contributed by atoms with Crippen LogP contribution in [-0.2, 0) is 10.3 Å². The number of nitrogens with one attached hydrogen (secondary N) is 1. The third-order valence-corrected chi connectivity index (χ3v) is 6.16. The zero-order chi connectivity index (χ0) is 24.0. The average Bonchev–Trinajstić information content (AvgIpc) is 3.39. The smallest absolute Gasteiger partial charge is 0.233 e. The lowest BCUT2D eigenvalue weighted by Crippen LogP contribution is -2.48. The van der Waals surface area contributed by atoms with Gasteiger partial charge in [-0.2, -0.15) is 0 Å². The predicted octanol–water partition coefficient (Wildman–Crippen LogP) is 5.08. The quantitative estimate of drug-likeness (QED) is 0.344. The van der Waals surface area contributed by atoms with Crippen molar-refractivity contribution >= 4 is 5.91 Å². The lowest BCUT2D eigenvalue weighted by atomic mass is 9.77. The van der Waals surface area contributed by atoms with E-state index in [1.165, 1.54) is 0 Å². The van der Waals surface area contributed by atoms with Gasteiger partial charge in [-0.1, -0.05) is 105 Å². The Balaban J connectivity index is 1.70. The second-order valence-electron chi connectivity index (χ2n) is 8.49. The van der Waals surface area contributed by atoms with Gasteiger partial charge >= 0.3 is 0 Å². The van der Waals surface area contributed by atoms with Gasteiger partial charge in [0.25, 0.3) is 0 Å². The van der Waals surface area contributed by atoms with Crippen molar-refractivity contribution in [3.63, 3.8) is 0 Å². The Bertz CT molecular complexity index is 1100. The van der Waals surface area contributed by atoms with Crippen LogP contribution in [0, 0.1) is 0 Å². The molecule has 4 rings (SSSR count). The summed E-state index contributed by atoms with van der Waals surface area (Å²) in [6.07, 6.45) is 0.890. The van der Waals surface area contributed by atoms with Crippen molar-refractivity contribution in [1.82, 2.24) is 15.5 Å². The Morgan fingerprint density at radius 2 is 1.29 bits per heavy atom. The Hall–Kier alpha value is -3.77. The second-order valence-corrected chi connectivity index (χ2v) is 8.49. The van der Waals surface area contributed by atoms with Gasteiger partial charge < -0.3 is 15.5 Å². The van der Waals surface area contributed by atoms with Crippen LogP contribution in [-0.4, -0.2) is 16.1 Å². The van der Waals surface area contributed by atoms with Crippen molar-refractivity contribution in [2.24, 2.45) is 5.73 Å². The molecule has 1 heterocycles. The van der Waals surface area contributed by atoms with E-state index in [1.54, 1.807) is 0 Å². The van der Waals surface area contributed by atoms with E-state index in [1.807, 2.05) is 97.9 Å². The maximum absolute atomic E-state index is 13.5. The maximum Gasteiger partial charge on any atom is 0.233 e. The molecule has 6 nitrogen and oxygen atoms in total. The number of nitrogens with zero attached hydrogens (tertiary/aromatic N) is 2. The van der Waals surface area contributed by atoms with Crippen molar-refractivity contribution in [2.75, 3.05) is 0 Å². The SMILES string of the molecule is CC[C@H](C)c1nnc([C@@H](N)CC(=O)NC(c2ccccc2)(c2ccccc2)c2ccccc2)o1. The third-order valence-electron chi connectivity index (χ3n) is 6.16. The summed E-state index contributed by atoms with van der Waals surface area (Å²) < 4.78 is 5.76. The van der Waals surface area contributed by atoms with E-state index in [9.17, 15) is 4.79 Å². The molecule has 0 unspecified atom stereocenters. The first-order valence-electron chi connectivity index (χ1n) is 11.6. The highest BCUT2D eigenvalue weighted by atomic mass is 16.4. The van der Waals surface area contributed by atoms with E-state index in [0.29, 0.717) is 5.89 Å². The van der Waals surface area contributed by atoms with Crippen LogP contribution < -0.4 is 11.1 Å². The summed E-state index contributed by atoms with van der Waals surface area (Å²) in [6.45, 7) is 4.07. The fraction of sp³-hybridized carbons (Fsp3) is 0.250. The minimum absolute atomic E-state index is 0.0103. The van der Waals surface area contributed by atoms with Crippen LogP contribution >= 0.6 is 0 Å². The summed E-state index contributed by atoms with van der Waals surface area (Å²) in [5.41, 5.74) is 8.29. The van der Waals surface area contributed by atoms with Gasteiger partial charge in [-0.15, -0.1) is 10.2 Å². The summed E-state index contributed by atoms with van der Waals surface area (Å²) in [5.74, 6) is 0.743. The van der Waals surface area contributed by atoms with E-state index in [0.717, 1.165) is 23.1 Å². The minimum atomic E-state index is -0.892. The molecule has 34 heavy (non-hydrogen) atoms. The molecule has 0 saturated heterocycles. The maximum atomic E-state index is 13.5. The van der Waals surface area contributed by atoms with Crippen molar-refractivity contribution in [1.29, 1.82) is 0 Å². The molecule has 0 saturated carbocycles. The van der Waals surface area contributed by atoms with Crippen LogP contribution in [0.5, 0.6) is 0 Å². The van der Waals surface area contributed by atoms with Crippen molar-refractivity contribution in [3.05, 3.63) is 119 Å². The standard InChI is InChI=1S/C28H30N4O2/c1-3-20(2)26-31-32-27(34-26)24(29)19-25(33)30-28(21-13-7-4-8-14-21,22-15-9-5-10-16-22)23-17-11-6-12-18-23/h4-18,20,24H,3,19,29H2,1-2H3,(H,30,33)/t20-,24-/m0/s1. The molecule has 0 bridgehead atoms. The Kier molecular flexibility index (Phi) is 7.18. The summed E-state index contributed by atoms with van der Waals surface area (Å²) in [4.78, 5) is 13.5. The van der Waals surface area contributed by atoms with Gasteiger partial charge in [-0.3, -0.25) is 4.79 Å². The highest BCUT2D eigenvalue weighted by Gasteiger charge is 2.38. The molecule has 0 fully saturated rings. The van der Waals surface area contributed by atoms with E-state index in [-0.39, 0.29) is 24.1 Å². The van der Waals surface area contributed by atoms with E-state index in [2.05, 4.69) is 22.4 Å². The highest BCUT2D eigenvalue weighted by Crippen LogP contribution is 2.37. The molecule has 3 aromatic carbocycles. The van der Waals surface area contributed by atoms with Crippen LogP contribution in [0.2, 0.25) is 0 Å². The molecule has 1 aromatic heterocycles. The lowest BCUT2D eigenvalue weighted by molar-refractivity contribution is -0.122. The van der Waals surface area contributed by atoms with Gasteiger partial charge in [-0.05, 0) is 23.1 Å². The molecule has 0 aliphatic heterocycles. The van der Waals surface area contributed by atoms with Crippen LogP contribution in [0.4, 0.5) is 0 Å². The predicted molar refractivity (Wildman–Crippen MR) is 132 cm³/mol. The van der Waals surface area contributed by atoms with Crippen LogP contribution in [0.3, 0.4) is 0 Å². The average molecular weight is 455 g/mol. The molecule has 174 valence electrons. The highest BCUT2D eigenvalue weighted by molar-refractivity contribution is 5.79. The lowest BCUT2D eigenvalue weighted by Gasteiger charge is -2.37. The number of hydrogen-bond donors (Lipinski definition) is 2. The summed E-state index contributed by atoms with van der Waals surface area (Å²) in [7, 11) is 0. The molecule has 6 heteroatoms. The molecule has 1 amide bonds. The molecular weight excluding hydrogens is 424 g/mol. The Morgan fingerprint density at radius 3 is 1.74 bits per heavy atom. The number of nitrogens with two attached hydrogens (primary N) is 1. The minimum Gasteiger partial charge on any atom is -0.423 e. The number of amides is 1. The number of aromatic nitrogens is 2. The van der Waals surface area contributed by atoms with Gasteiger partial charge in [0.1, 0.15) is 5.54 Å². The first-order chi connectivity index (χ1) is 16.5. The van der Waals surface area contributed by atoms with Crippen molar-refractivity contribution in [3.8, 4) is 0 Å². The number of carbonyl (C=O) groups excluding carboxylic acids is 1. The molecule has 2 atom stereocenters. The summed E-state index contributed by atoms with van der Waals surface area (Å²) in [5, 5.41) is 11.5. The van der Waals surface area contributed by atoms with Gasteiger partial charge in [-0.25, -0.2) is 0 Å². The first-order valence-corrected chi connectivity index (χ1v) is 11.6. The molecule has 0 radical (unpaired) electrons. The summed E-state index contributed by atoms with van der Waals surface area (Å²) >= 11 is 0. The van der Waals surface area contributed by atoms with Gasteiger partial charge in [0, 0.05) is 5.92 Å². The Labute approximate surface area is 200 Å². The normalized spacial score (nSPS) is 13.3. The third kappa shape index (κ3) is 4.77. The summed E-state index contributed by atoms with van der Waals surface area (Å²) in [6, 6.07) is 29.2. The number of carbonyl (C=O) groups is 1. The van der Waals surface area contributed by atoms with Crippen LogP contribution in [0.25, 0.3) is 0 Å². The van der Waals surface area contributed by atoms with E-state index < -0.39 is 11.6 Å². The van der Waals surface area contributed by atoms with Gasteiger partial charge in [0.2, 0.25) is 17.7 Å². The zero-order valence-electron chi connectivity index (χ0n) is 19.5. The van der Waals surface area contributed by atoms with Crippen molar-refractivity contribution < 1.29 is 9.21 Å². The molecule has 0 spiro atoms. The van der Waals surface area contributed by atoms with Crippen molar-refractivity contribution in [2.45, 2.75) is 44.2 Å². The molecule has 4 aromatic rings. The monoisotopic (exact) mass is 454 g/mol. The number of benzene rings is 3. The molecule has 0 aliphatic carbocycles.